The minimum Gasteiger partial charge on any atom is -0.483 e. The average molecular weight is 382 g/mol. The van der Waals surface area contributed by atoms with Gasteiger partial charge in [0.15, 0.2) is 6.61 Å². The second-order valence-corrected chi connectivity index (χ2v) is 8.10. The van der Waals surface area contributed by atoms with Crippen molar-refractivity contribution in [3.63, 3.8) is 0 Å². The number of nitrogens with one attached hydrogen (secondary N) is 1. The molecule has 0 spiro atoms. The first kappa shape index (κ1) is 21.0. The van der Waals surface area contributed by atoms with Gasteiger partial charge in [0.1, 0.15) is 5.75 Å². The van der Waals surface area contributed by atoms with Gasteiger partial charge in [-0.15, -0.1) is 12.4 Å². The van der Waals surface area contributed by atoms with Crippen LogP contribution in [0.1, 0.15) is 32.8 Å². The third kappa shape index (κ3) is 5.12. The van der Waals surface area contributed by atoms with Crippen molar-refractivity contribution in [2.45, 2.75) is 38.6 Å². The second kappa shape index (κ2) is 9.07. The molecular weight excluding hydrogens is 350 g/mol. The zero-order valence-corrected chi connectivity index (χ0v) is 17.0. The molecule has 1 aromatic carbocycles. The SMILES string of the molecule is CC(C)(C)c1ccccc1OCC(=O)N1CCC(N2CCNCC2)C1.Cl. The number of ether oxygens (including phenoxy) is 1. The number of nitrogens with zero attached hydrogens (tertiary/aromatic N) is 2. The Labute approximate surface area is 163 Å². The summed E-state index contributed by atoms with van der Waals surface area (Å²) in [6.45, 7) is 12.6. The highest BCUT2D eigenvalue weighted by atomic mass is 35.5. The van der Waals surface area contributed by atoms with Gasteiger partial charge in [0.2, 0.25) is 0 Å². The van der Waals surface area contributed by atoms with Gasteiger partial charge in [-0.2, -0.15) is 0 Å². The summed E-state index contributed by atoms with van der Waals surface area (Å²) >= 11 is 0. The van der Waals surface area contributed by atoms with Gasteiger partial charge in [-0.05, 0) is 23.5 Å². The Morgan fingerprint density at radius 3 is 2.58 bits per heavy atom. The summed E-state index contributed by atoms with van der Waals surface area (Å²) in [5, 5.41) is 3.39. The Kier molecular flexibility index (Phi) is 7.33. The fourth-order valence-electron chi connectivity index (χ4n) is 3.76. The molecule has 146 valence electrons. The highest BCUT2D eigenvalue weighted by molar-refractivity contribution is 5.85. The molecular formula is C20H32ClN3O2. The van der Waals surface area contributed by atoms with Crippen LogP contribution in [0, 0.1) is 0 Å². The topological polar surface area (TPSA) is 44.8 Å². The van der Waals surface area contributed by atoms with E-state index >= 15 is 0 Å². The number of piperazine rings is 1. The van der Waals surface area contributed by atoms with Crippen molar-refractivity contribution in [2.75, 3.05) is 45.9 Å². The summed E-state index contributed by atoms with van der Waals surface area (Å²) in [7, 11) is 0. The molecule has 2 aliphatic heterocycles. The fourth-order valence-corrected chi connectivity index (χ4v) is 3.76. The Morgan fingerprint density at radius 1 is 1.19 bits per heavy atom. The molecule has 26 heavy (non-hydrogen) atoms. The number of para-hydroxylation sites is 1. The Hall–Kier alpha value is -1.30. The lowest BCUT2D eigenvalue weighted by Gasteiger charge is -2.32. The van der Waals surface area contributed by atoms with E-state index in [-0.39, 0.29) is 30.3 Å². The highest BCUT2D eigenvalue weighted by Crippen LogP contribution is 2.31. The van der Waals surface area contributed by atoms with E-state index < -0.39 is 0 Å². The van der Waals surface area contributed by atoms with Crippen molar-refractivity contribution in [2.24, 2.45) is 0 Å². The minimum absolute atomic E-state index is 0. The molecule has 0 saturated carbocycles. The first-order chi connectivity index (χ1) is 11.9. The summed E-state index contributed by atoms with van der Waals surface area (Å²) in [5.74, 6) is 0.919. The maximum absolute atomic E-state index is 12.6. The molecule has 0 bridgehead atoms. The summed E-state index contributed by atoms with van der Waals surface area (Å²) in [6, 6.07) is 8.53. The van der Waals surface area contributed by atoms with Gasteiger partial charge < -0.3 is 15.0 Å². The normalized spacial score (nSPS) is 21.3. The van der Waals surface area contributed by atoms with Gasteiger partial charge >= 0.3 is 0 Å². The van der Waals surface area contributed by atoms with Crippen LogP contribution in [0.15, 0.2) is 24.3 Å². The van der Waals surface area contributed by atoms with Crippen LogP contribution in [0.5, 0.6) is 5.75 Å². The standard InChI is InChI=1S/C20H31N3O2.ClH/c1-20(2,3)17-6-4-5-7-18(17)25-15-19(24)23-11-8-16(14-23)22-12-9-21-10-13-22;/h4-7,16,21H,8-15H2,1-3H3;1H. The van der Waals surface area contributed by atoms with Crippen molar-refractivity contribution in [1.29, 1.82) is 0 Å². The zero-order chi connectivity index (χ0) is 17.9. The van der Waals surface area contributed by atoms with E-state index in [1.807, 2.05) is 23.1 Å². The molecule has 0 aliphatic carbocycles. The molecule has 1 unspecified atom stereocenters. The van der Waals surface area contributed by atoms with Crippen molar-refractivity contribution in [3.05, 3.63) is 29.8 Å². The Bertz CT molecular complexity index is 597. The van der Waals surface area contributed by atoms with E-state index in [2.05, 4.69) is 37.1 Å². The summed E-state index contributed by atoms with van der Waals surface area (Å²) in [5.41, 5.74) is 1.14. The molecule has 1 aromatic rings. The summed E-state index contributed by atoms with van der Waals surface area (Å²) in [4.78, 5) is 17.1. The number of hydrogen-bond donors (Lipinski definition) is 1. The zero-order valence-electron chi connectivity index (χ0n) is 16.2. The number of carbonyl (C=O) groups is 1. The second-order valence-electron chi connectivity index (χ2n) is 8.10. The predicted molar refractivity (Wildman–Crippen MR) is 107 cm³/mol. The maximum atomic E-state index is 12.6. The van der Waals surface area contributed by atoms with Crippen LogP contribution in [0.2, 0.25) is 0 Å². The molecule has 1 amide bonds. The first-order valence-corrected chi connectivity index (χ1v) is 9.40. The molecule has 2 fully saturated rings. The highest BCUT2D eigenvalue weighted by Gasteiger charge is 2.31. The van der Waals surface area contributed by atoms with E-state index in [0.29, 0.717) is 6.04 Å². The molecule has 2 aliphatic rings. The van der Waals surface area contributed by atoms with Crippen LogP contribution in [-0.2, 0) is 10.2 Å². The quantitative estimate of drug-likeness (QED) is 0.869. The van der Waals surface area contributed by atoms with E-state index in [4.69, 9.17) is 4.74 Å². The van der Waals surface area contributed by atoms with E-state index in [9.17, 15) is 4.79 Å². The average Bonchev–Trinajstić information content (AvgIpc) is 3.10. The van der Waals surface area contributed by atoms with Gasteiger partial charge in [-0.3, -0.25) is 9.69 Å². The Morgan fingerprint density at radius 2 is 1.88 bits per heavy atom. The van der Waals surface area contributed by atoms with Crippen molar-refractivity contribution in [1.82, 2.24) is 15.1 Å². The lowest BCUT2D eigenvalue weighted by atomic mass is 9.86. The minimum atomic E-state index is 0. The number of carbonyl (C=O) groups excluding carboxylic acids is 1. The van der Waals surface area contributed by atoms with E-state index in [1.54, 1.807) is 0 Å². The molecule has 5 nitrogen and oxygen atoms in total. The number of rotatable bonds is 4. The smallest absolute Gasteiger partial charge is 0.260 e. The molecule has 1 atom stereocenters. The molecule has 6 heteroatoms. The monoisotopic (exact) mass is 381 g/mol. The molecule has 2 saturated heterocycles. The van der Waals surface area contributed by atoms with Crippen LogP contribution in [-0.4, -0.2) is 67.6 Å². The lowest BCUT2D eigenvalue weighted by Crippen LogP contribution is -2.49. The summed E-state index contributed by atoms with van der Waals surface area (Å²) < 4.78 is 5.90. The predicted octanol–water partition coefficient (Wildman–Crippen LogP) is 2.29. The van der Waals surface area contributed by atoms with E-state index in [1.165, 1.54) is 0 Å². The van der Waals surface area contributed by atoms with Crippen molar-refractivity contribution >= 4 is 18.3 Å². The van der Waals surface area contributed by atoms with Gasteiger partial charge in [0.25, 0.3) is 5.91 Å². The van der Waals surface area contributed by atoms with Gasteiger partial charge in [-0.25, -0.2) is 0 Å². The maximum Gasteiger partial charge on any atom is 0.260 e. The first-order valence-electron chi connectivity index (χ1n) is 9.40. The van der Waals surface area contributed by atoms with Crippen molar-refractivity contribution in [3.8, 4) is 5.75 Å². The largest absolute Gasteiger partial charge is 0.483 e. The number of benzene rings is 1. The van der Waals surface area contributed by atoms with Crippen LogP contribution >= 0.6 is 12.4 Å². The van der Waals surface area contributed by atoms with Crippen LogP contribution < -0.4 is 10.1 Å². The Balaban J connectivity index is 0.00000243. The van der Waals surface area contributed by atoms with Gasteiger partial charge in [0, 0.05) is 45.3 Å². The summed E-state index contributed by atoms with van der Waals surface area (Å²) in [6.07, 6.45) is 1.07. The molecule has 3 rings (SSSR count). The third-order valence-corrected chi connectivity index (χ3v) is 5.23. The number of hydrogen-bond acceptors (Lipinski definition) is 4. The number of halogens is 1. The third-order valence-electron chi connectivity index (χ3n) is 5.23. The molecule has 1 N–H and O–H groups in total. The van der Waals surface area contributed by atoms with Gasteiger partial charge in [-0.1, -0.05) is 39.0 Å². The van der Waals surface area contributed by atoms with Crippen LogP contribution in [0.4, 0.5) is 0 Å². The molecule has 0 aromatic heterocycles. The van der Waals surface area contributed by atoms with Gasteiger partial charge in [0.05, 0.1) is 0 Å². The lowest BCUT2D eigenvalue weighted by molar-refractivity contribution is -0.132. The molecule has 2 heterocycles. The fraction of sp³-hybridized carbons (Fsp3) is 0.650. The molecule has 0 radical (unpaired) electrons. The number of amides is 1. The van der Waals surface area contributed by atoms with Crippen LogP contribution in [0.3, 0.4) is 0 Å². The van der Waals surface area contributed by atoms with E-state index in [0.717, 1.165) is 57.0 Å². The number of likely N-dealkylation sites (tertiary alicyclic amines) is 1. The van der Waals surface area contributed by atoms with Crippen molar-refractivity contribution < 1.29 is 9.53 Å². The van der Waals surface area contributed by atoms with Crippen LogP contribution in [0.25, 0.3) is 0 Å².